The van der Waals surface area contributed by atoms with Crippen LogP contribution in [0.3, 0.4) is 0 Å². The first-order valence-electron chi connectivity index (χ1n) is 9.69. The Balaban J connectivity index is 1.91. The maximum atomic E-state index is 12.6. The normalized spacial score (nSPS) is 11.6. The van der Waals surface area contributed by atoms with E-state index in [-0.39, 0.29) is 30.4 Å². The zero-order valence-electron chi connectivity index (χ0n) is 17.8. The van der Waals surface area contributed by atoms with Gasteiger partial charge in [0.15, 0.2) is 0 Å². The largest absolute Gasteiger partial charge is 0.459 e. The quantitative estimate of drug-likeness (QED) is 0.706. The highest BCUT2D eigenvalue weighted by Crippen LogP contribution is 2.24. The third kappa shape index (κ3) is 7.55. The smallest absolute Gasteiger partial charge is 0.236 e. The number of hydrogen-bond donors (Lipinski definition) is 1. The highest BCUT2D eigenvalue weighted by Gasteiger charge is 2.20. The number of carbonyl (C=O) groups is 2. The summed E-state index contributed by atoms with van der Waals surface area (Å²) in [6.07, 6.45) is 0. The Labute approximate surface area is 177 Å². The minimum absolute atomic E-state index is 0.0696. The average molecular weight is 420 g/mol. The maximum absolute atomic E-state index is 12.6. The van der Waals surface area contributed by atoms with E-state index < -0.39 is 0 Å². The molecule has 7 heteroatoms. The molecule has 0 radical (unpaired) electrons. The topological polar surface area (TPSA) is 65.8 Å². The fraction of sp³-hybridized carbons (Fsp3) is 0.455. The van der Waals surface area contributed by atoms with Crippen LogP contribution in [0.4, 0.5) is 0 Å². The molecule has 2 aromatic rings. The molecular weight excluding hydrogens is 390 g/mol. The Morgan fingerprint density at radius 2 is 1.72 bits per heavy atom. The van der Waals surface area contributed by atoms with Crippen LogP contribution in [0, 0.1) is 0 Å². The van der Waals surface area contributed by atoms with Gasteiger partial charge in [0.1, 0.15) is 11.5 Å². The first-order valence-corrected chi connectivity index (χ1v) is 10.1. The first kappa shape index (κ1) is 23.0. The van der Waals surface area contributed by atoms with Crippen molar-refractivity contribution in [2.45, 2.75) is 39.8 Å². The van der Waals surface area contributed by atoms with Crippen molar-refractivity contribution in [1.82, 2.24) is 15.1 Å². The highest BCUT2D eigenvalue weighted by molar-refractivity contribution is 6.30. The lowest BCUT2D eigenvalue weighted by Crippen LogP contribution is -2.48. The van der Waals surface area contributed by atoms with Gasteiger partial charge < -0.3 is 14.6 Å². The molecular formula is C22H30ClN3O3. The number of nitrogens with one attached hydrogen (secondary N) is 1. The van der Waals surface area contributed by atoms with Gasteiger partial charge in [0.05, 0.1) is 19.6 Å². The molecule has 0 aliphatic rings. The number of benzene rings is 1. The molecule has 0 aliphatic heterocycles. The second-order valence-electron chi connectivity index (χ2n) is 8.12. The molecule has 0 bridgehead atoms. The molecule has 1 heterocycles. The third-order valence-corrected chi connectivity index (χ3v) is 4.55. The zero-order valence-corrected chi connectivity index (χ0v) is 18.5. The predicted molar refractivity (Wildman–Crippen MR) is 116 cm³/mol. The molecule has 158 valence electrons. The third-order valence-electron chi connectivity index (χ3n) is 4.30. The van der Waals surface area contributed by atoms with E-state index in [9.17, 15) is 9.59 Å². The molecule has 1 N–H and O–H groups in total. The molecule has 0 unspecified atom stereocenters. The van der Waals surface area contributed by atoms with Gasteiger partial charge in [0.2, 0.25) is 11.8 Å². The summed E-state index contributed by atoms with van der Waals surface area (Å²) in [6, 6.07) is 11.1. The van der Waals surface area contributed by atoms with Crippen LogP contribution < -0.4 is 5.32 Å². The van der Waals surface area contributed by atoms with Gasteiger partial charge in [0, 0.05) is 23.2 Å². The van der Waals surface area contributed by atoms with Crippen molar-refractivity contribution in [2.24, 2.45) is 0 Å². The van der Waals surface area contributed by atoms with E-state index in [1.807, 2.05) is 69.0 Å². The Kier molecular flexibility index (Phi) is 7.88. The van der Waals surface area contributed by atoms with E-state index in [0.29, 0.717) is 23.9 Å². The number of carbonyl (C=O) groups excluding carboxylic acids is 2. The van der Waals surface area contributed by atoms with Gasteiger partial charge in [-0.25, -0.2) is 0 Å². The Morgan fingerprint density at radius 3 is 2.31 bits per heavy atom. The van der Waals surface area contributed by atoms with Crippen molar-refractivity contribution >= 4 is 23.4 Å². The molecule has 2 rings (SSSR count). The molecule has 0 atom stereocenters. The standard InChI is InChI=1S/C22H30ClN3O3/c1-6-26(14-20(27)24-22(2,3)4)15-21(28)25(5)13-18-11-12-19(29-18)16-7-9-17(23)10-8-16/h7-12H,6,13-15H2,1-5H3,(H,24,27). The summed E-state index contributed by atoms with van der Waals surface area (Å²) in [6.45, 7) is 9.06. The van der Waals surface area contributed by atoms with Crippen LogP contribution in [0.5, 0.6) is 0 Å². The first-order chi connectivity index (χ1) is 13.6. The summed E-state index contributed by atoms with van der Waals surface area (Å²) < 4.78 is 5.87. The van der Waals surface area contributed by atoms with Crippen molar-refractivity contribution in [3.63, 3.8) is 0 Å². The van der Waals surface area contributed by atoms with Gasteiger partial charge in [-0.05, 0) is 63.7 Å². The lowest BCUT2D eigenvalue weighted by Gasteiger charge is -2.26. The van der Waals surface area contributed by atoms with Gasteiger partial charge in [-0.15, -0.1) is 0 Å². The van der Waals surface area contributed by atoms with Crippen molar-refractivity contribution in [2.75, 3.05) is 26.7 Å². The lowest BCUT2D eigenvalue weighted by molar-refractivity contribution is -0.132. The molecule has 6 nitrogen and oxygen atoms in total. The second kappa shape index (κ2) is 9.94. The average Bonchev–Trinajstić information content (AvgIpc) is 3.08. The number of furan rings is 1. The summed E-state index contributed by atoms with van der Waals surface area (Å²) in [7, 11) is 1.73. The van der Waals surface area contributed by atoms with E-state index in [1.165, 1.54) is 0 Å². The van der Waals surface area contributed by atoms with Crippen LogP contribution in [0.2, 0.25) is 5.02 Å². The van der Waals surface area contributed by atoms with Crippen LogP contribution in [-0.2, 0) is 16.1 Å². The van der Waals surface area contributed by atoms with E-state index in [2.05, 4.69) is 5.32 Å². The van der Waals surface area contributed by atoms with Crippen LogP contribution in [0.25, 0.3) is 11.3 Å². The molecule has 0 saturated carbocycles. The van der Waals surface area contributed by atoms with Gasteiger partial charge in [-0.3, -0.25) is 14.5 Å². The van der Waals surface area contributed by atoms with Crippen molar-refractivity contribution in [1.29, 1.82) is 0 Å². The highest BCUT2D eigenvalue weighted by atomic mass is 35.5. The molecule has 1 aromatic carbocycles. The minimum atomic E-state index is -0.293. The summed E-state index contributed by atoms with van der Waals surface area (Å²) in [5, 5.41) is 3.59. The summed E-state index contributed by atoms with van der Waals surface area (Å²) in [5.74, 6) is 1.26. The minimum Gasteiger partial charge on any atom is -0.459 e. The Hall–Kier alpha value is -2.31. The monoisotopic (exact) mass is 419 g/mol. The fourth-order valence-corrected chi connectivity index (χ4v) is 2.93. The van der Waals surface area contributed by atoms with E-state index >= 15 is 0 Å². The van der Waals surface area contributed by atoms with Crippen molar-refractivity contribution in [3.8, 4) is 11.3 Å². The molecule has 29 heavy (non-hydrogen) atoms. The SMILES string of the molecule is CCN(CC(=O)NC(C)(C)C)CC(=O)N(C)Cc1ccc(-c2ccc(Cl)cc2)o1. The molecule has 0 fully saturated rings. The van der Waals surface area contributed by atoms with Crippen LogP contribution >= 0.6 is 11.6 Å². The maximum Gasteiger partial charge on any atom is 0.236 e. The summed E-state index contributed by atoms with van der Waals surface area (Å²) >= 11 is 5.92. The molecule has 2 amide bonds. The van der Waals surface area contributed by atoms with E-state index in [4.69, 9.17) is 16.0 Å². The molecule has 1 aromatic heterocycles. The number of rotatable bonds is 8. The molecule has 0 aliphatic carbocycles. The Bertz CT molecular complexity index is 825. The predicted octanol–water partition coefficient (Wildman–Crippen LogP) is 3.80. The van der Waals surface area contributed by atoms with Crippen LogP contribution in [-0.4, -0.2) is 53.8 Å². The van der Waals surface area contributed by atoms with Gasteiger partial charge in [0.25, 0.3) is 0 Å². The van der Waals surface area contributed by atoms with E-state index in [1.54, 1.807) is 11.9 Å². The fourth-order valence-electron chi connectivity index (χ4n) is 2.81. The molecule has 0 spiro atoms. The molecule has 0 saturated heterocycles. The van der Waals surface area contributed by atoms with Gasteiger partial charge in [-0.1, -0.05) is 18.5 Å². The number of hydrogen-bond acceptors (Lipinski definition) is 4. The number of amides is 2. The van der Waals surface area contributed by atoms with Crippen LogP contribution in [0.1, 0.15) is 33.5 Å². The zero-order chi connectivity index (χ0) is 21.6. The van der Waals surface area contributed by atoms with Crippen molar-refractivity contribution < 1.29 is 14.0 Å². The van der Waals surface area contributed by atoms with Gasteiger partial charge in [-0.2, -0.15) is 0 Å². The number of halogens is 1. The summed E-state index contributed by atoms with van der Waals surface area (Å²) in [4.78, 5) is 28.1. The van der Waals surface area contributed by atoms with Crippen LogP contribution in [0.15, 0.2) is 40.8 Å². The van der Waals surface area contributed by atoms with E-state index in [0.717, 1.165) is 11.3 Å². The number of likely N-dealkylation sites (N-methyl/N-ethyl adjacent to an activating group) is 2. The van der Waals surface area contributed by atoms with Crippen molar-refractivity contribution in [3.05, 3.63) is 47.2 Å². The summed E-state index contributed by atoms with van der Waals surface area (Å²) in [5.41, 5.74) is 0.634. The second-order valence-corrected chi connectivity index (χ2v) is 8.56. The Morgan fingerprint density at radius 1 is 1.07 bits per heavy atom. The lowest BCUT2D eigenvalue weighted by atomic mass is 10.1. The number of nitrogens with zero attached hydrogens (tertiary/aromatic N) is 2. The van der Waals surface area contributed by atoms with Gasteiger partial charge >= 0.3 is 0 Å².